The van der Waals surface area contributed by atoms with Crippen LogP contribution in [0.3, 0.4) is 0 Å². The molecule has 15 aromatic carbocycles. The lowest BCUT2D eigenvalue weighted by molar-refractivity contribution is 0.668. The lowest BCUT2D eigenvalue weighted by Gasteiger charge is -2.15. The van der Waals surface area contributed by atoms with Crippen molar-refractivity contribution in [2.24, 2.45) is 0 Å². The van der Waals surface area contributed by atoms with Crippen LogP contribution in [0.1, 0.15) is 0 Å². The Hall–Kier alpha value is -14.5. The topological polar surface area (TPSA) is 113 Å². The van der Waals surface area contributed by atoms with Crippen LogP contribution < -0.4 is 0 Å². The van der Waals surface area contributed by atoms with Gasteiger partial charge in [0.2, 0.25) is 5.95 Å². The van der Waals surface area contributed by atoms with Crippen LogP contribution in [0.5, 0.6) is 0 Å². The molecule has 0 radical (unpaired) electrons. The highest BCUT2D eigenvalue weighted by atomic mass is 16.3. The van der Waals surface area contributed by atoms with E-state index in [1.54, 1.807) is 0 Å². The number of para-hydroxylation sites is 5. The first-order chi connectivity index (χ1) is 52.5. The number of benzene rings is 15. The standard InChI is InChI=1S/C96H58N8O2/c1-3-18-63(19-4-1)91-97-92(100-95(99-91)79-28-9-14-31-84(79)103-82-29-12-7-24-73(82)75-50-46-71(57-85(75)103)69-48-52-89-80(55-69)77-26-10-15-32-87(77)105-89)65-42-38-60(39-43-65)59-34-36-61(37-35-59)67-22-17-23-68(54-67)62-40-44-66(45-41-62)94-98-93(64-20-5-2-6-21-64)101-96(102-94)104-83-30-13-8-25-74(83)76-51-47-72(58-86(76)104)70-49-53-90-81(56-70)78-27-11-16-33-88(78)106-90/h1-58H. The number of rotatable bonds is 12. The van der Waals surface area contributed by atoms with Crippen molar-refractivity contribution in [2.45, 2.75) is 0 Å². The van der Waals surface area contributed by atoms with E-state index in [-0.39, 0.29) is 0 Å². The van der Waals surface area contributed by atoms with Crippen molar-refractivity contribution in [3.8, 4) is 124 Å². The molecule has 0 bridgehead atoms. The molecule has 0 unspecified atom stereocenters. The van der Waals surface area contributed by atoms with Gasteiger partial charge in [-0.2, -0.15) is 9.97 Å². The maximum absolute atomic E-state index is 6.24. The molecule has 0 aliphatic heterocycles. The van der Waals surface area contributed by atoms with E-state index in [0.29, 0.717) is 35.1 Å². The van der Waals surface area contributed by atoms with Crippen molar-refractivity contribution >= 4 is 87.5 Å². The van der Waals surface area contributed by atoms with Crippen molar-refractivity contribution in [3.05, 3.63) is 352 Å². The zero-order valence-electron chi connectivity index (χ0n) is 56.9. The monoisotopic (exact) mass is 1350 g/mol. The Morgan fingerprint density at radius 1 is 0.179 bits per heavy atom. The Bertz CT molecular complexity index is 7060. The van der Waals surface area contributed by atoms with Crippen LogP contribution in [-0.4, -0.2) is 39.0 Å². The number of hydrogen-bond acceptors (Lipinski definition) is 8. The highest BCUT2D eigenvalue weighted by Crippen LogP contribution is 2.43. The van der Waals surface area contributed by atoms with Gasteiger partial charge in [-0.3, -0.25) is 4.57 Å². The predicted octanol–water partition coefficient (Wildman–Crippen LogP) is 24.7. The minimum Gasteiger partial charge on any atom is -0.456 e. The quantitative estimate of drug-likeness (QED) is 0.119. The molecule has 0 saturated carbocycles. The molecule has 21 aromatic rings. The number of fused-ring (bicyclic) bond motifs is 12. The van der Waals surface area contributed by atoms with Gasteiger partial charge >= 0.3 is 0 Å². The maximum Gasteiger partial charge on any atom is 0.238 e. The molecule has 10 heteroatoms. The second kappa shape index (κ2) is 24.7. The van der Waals surface area contributed by atoms with Gasteiger partial charge in [-0.15, -0.1) is 0 Å². The molecule has 0 saturated heterocycles. The number of hydrogen-bond donors (Lipinski definition) is 0. The van der Waals surface area contributed by atoms with Gasteiger partial charge in [-0.25, -0.2) is 19.9 Å². The minimum atomic E-state index is 0.537. The summed E-state index contributed by atoms with van der Waals surface area (Å²) in [5, 5.41) is 8.92. The molecule has 494 valence electrons. The molecule has 0 aliphatic rings. The van der Waals surface area contributed by atoms with Crippen LogP contribution in [0.15, 0.2) is 361 Å². The van der Waals surface area contributed by atoms with Gasteiger partial charge in [0.1, 0.15) is 22.3 Å². The lowest BCUT2D eigenvalue weighted by atomic mass is 9.96. The van der Waals surface area contributed by atoms with E-state index in [4.69, 9.17) is 38.7 Å². The first-order valence-corrected chi connectivity index (χ1v) is 35.5. The smallest absolute Gasteiger partial charge is 0.238 e. The third-order valence-electron chi connectivity index (χ3n) is 20.7. The van der Waals surface area contributed by atoms with Crippen molar-refractivity contribution < 1.29 is 8.83 Å². The third kappa shape index (κ3) is 10.3. The van der Waals surface area contributed by atoms with Crippen LogP contribution in [0.2, 0.25) is 0 Å². The van der Waals surface area contributed by atoms with Crippen LogP contribution in [0, 0.1) is 0 Å². The highest BCUT2D eigenvalue weighted by molar-refractivity contribution is 6.13. The molecular weight excluding hydrogens is 1300 g/mol. The summed E-state index contributed by atoms with van der Waals surface area (Å²) < 4.78 is 17.0. The predicted molar refractivity (Wildman–Crippen MR) is 431 cm³/mol. The molecule has 0 spiro atoms. The molecular formula is C96H58N8O2. The second-order valence-corrected chi connectivity index (χ2v) is 26.9. The highest BCUT2D eigenvalue weighted by Gasteiger charge is 2.23. The molecule has 0 amide bonds. The summed E-state index contributed by atoms with van der Waals surface area (Å²) in [6, 6.07) is 123. The fourth-order valence-electron chi connectivity index (χ4n) is 15.5. The lowest BCUT2D eigenvalue weighted by Crippen LogP contribution is -2.06. The molecule has 106 heavy (non-hydrogen) atoms. The summed E-state index contributed by atoms with van der Waals surface area (Å²) in [5.41, 5.74) is 24.0. The zero-order valence-corrected chi connectivity index (χ0v) is 56.9. The summed E-state index contributed by atoms with van der Waals surface area (Å²) in [6.45, 7) is 0. The van der Waals surface area contributed by atoms with E-state index in [1.807, 2.05) is 60.7 Å². The van der Waals surface area contributed by atoms with Crippen LogP contribution in [-0.2, 0) is 0 Å². The number of nitrogens with zero attached hydrogens (tertiary/aromatic N) is 8. The van der Waals surface area contributed by atoms with E-state index in [9.17, 15) is 0 Å². The van der Waals surface area contributed by atoms with E-state index in [0.717, 1.165) is 177 Å². The number of aromatic nitrogens is 8. The maximum atomic E-state index is 6.24. The van der Waals surface area contributed by atoms with E-state index in [2.05, 4.69) is 300 Å². The normalized spacial score (nSPS) is 11.8. The fourth-order valence-corrected chi connectivity index (χ4v) is 15.5. The Morgan fingerprint density at radius 2 is 0.500 bits per heavy atom. The van der Waals surface area contributed by atoms with E-state index >= 15 is 0 Å². The van der Waals surface area contributed by atoms with Gasteiger partial charge in [0.25, 0.3) is 0 Å². The van der Waals surface area contributed by atoms with Crippen molar-refractivity contribution in [1.29, 1.82) is 0 Å². The first-order valence-electron chi connectivity index (χ1n) is 35.5. The Balaban J connectivity index is 0.576. The largest absolute Gasteiger partial charge is 0.456 e. The number of furan rings is 2. The second-order valence-electron chi connectivity index (χ2n) is 26.9. The van der Waals surface area contributed by atoms with E-state index in [1.165, 1.54) is 0 Å². The summed E-state index contributed by atoms with van der Waals surface area (Å²) >= 11 is 0. The summed E-state index contributed by atoms with van der Waals surface area (Å²) in [6.07, 6.45) is 0. The minimum absolute atomic E-state index is 0.537. The zero-order chi connectivity index (χ0) is 69.8. The van der Waals surface area contributed by atoms with E-state index < -0.39 is 0 Å². The average molecular weight is 1360 g/mol. The van der Waals surface area contributed by atoms with Crippen LogP contribution in [0.25, 0.3) is 212 Å². The molecule has 0 atom stereocenters. The van der Waals surface area contributed by atoms with Gasteiger partial charge in [-0.1, -0.05) is 273 Å². The third-order valence-corrected chi connectivity index (χ3v) is 20.7. The Labute approximate surface area is 607 Å². The van der Waals surface area contributed by atoms with Crippen molar-refractivity contribution in [2.75, 3.05) is 0 Å². The van der Waals surface area contributed by atoms with Gasteiger partial charge < -0.3 is 13.4 Å². The van der Waals surface area contributed by atoms with Crippen molar-refractivity contribution in [1.82, 2.24) is 39.0 Å². The average Bonchev–Trinajstić information content (AvgIpc) is 1.57. The molecule has 0 fully saturated rings. The molecule has 6 aromatic heterocycles. The molecule has 0 aliphatic carbocycles. The summed E-state index contributed by atoms with van der Waals surface area (Å²) in [5.74, 6) is 3.46. The van der Waals surface area contributed by atoms with Gasteiger partial charge in [-0.05, 0) is 134 Å². The molecule has 21 rings (SSSR count). The Kier molecular flexibility index (Phi) is 14.0. The van der Waals surface area contributed by atoms with Gasteiger partial charge in [0.15, 0.2) is 29.1 Å². The summed E-state index contributed by atoms with van der Waals surface area (Å²) in [4.78, 5) is 31.6. The fraction of sp³-hybridized carbons (Fsp3) is 0. The van der Waals surface area contributed by atoms with Crippen LogP contribution in [0.4, 0.5) is 0 Å². The summed E-state index contributed by atoms with van der Waals surface area (Å²) in [7, 11) is 0. The van der Waals surface area contributed by atoms with Gasteiger partial charge in [0, 0.05) is 70.9 Å². The molecule has 0 N–H and O–H groups in total. The SMILES string of the molecule is c1ccc(-c2nc(-c3ccc(-c4ccc(-c5cccc(-c6ccc(-c7nc(-c8ccccc8)nc(-n8c9ccccc9c9ccc(-c%10ccc%11oc%12ccccc%12c%11c%10)cc98)n7)cc6)c5)cc4)cc3)nc(-c3ccccc3-n3c4ccccc4c4ccc(-c5ccc6oc7ccccc7c6c5)cc43)n2)cc1. The molecule has 10 nitrogen and oxygen atoms in total. The first kappa shape index (κ1) is 60.3. The van der Waals surface area contributed by atoms with Crippen LogP contribution >= 0.6 is 0 Å². The Morgan fingerprint density at radius 3 is 1.01 bits per heavy atom. The van der Waals surface area contributed by atoms with Crippen molar-refractivity contribution in [3.63, 3.8) is 0 Å². The van der Waals surface area contributed by atoms with Gasteiger partial charge in [0.05, 0.1) is 27.8 Å². The molecule has 6 heterocycles.